The third kappa shape index (κ3) is 4.13. The van der Waals surface area contributed by atoms with Crippen LogP contribution in [0.2, 0.25) is 0 Å². The molecule has 0 spiro atoms. The van der Waals surface area contributed by atoms with Gasteiger partial charge in [0.1, 0.15) is 11.6 Å². The molecule has 8 heteroatoms. The van der Waals surface area contributed by atoms with E-state index in [-0.39, 0.29) is 23.6 Å². The van der Waals surface area contributed by atoms with Gasteiger partial charge in [-0.2, -0.15) is 0 Å². The number of hydrogen-bond acceptors (Lipinski definition) is 5. The van der Waals surface area contributed by atoms with Gasteiger partial charge in [0.05, 0.1) is 17.7 Å². The molecule has 0 aliphatic heterocycles. The monoisotopic (exact) mass is 448 g/mol. The number of thiophene rings is 1. The van der Waals surface area contributed by atoms with Crippen molar-refractivity contribution in [2.24, 2.45) is 0 Å². The van der Waals surface area contributed by atoms with Crippen LogP contribution in [0.3, 0.4) is 0 Å². The van der Waals surface area contributed by atoms with Crippen molar-refractivity contribution < 1.29 is 13.9 Å². The molecule has 0 N–H and O–H groups in total. The average Bonchev–Trinajstić information content (AvgIpc) is 3.32. The lowest BCUT2D eigenvalue weighted by atomic mass is 10.2. The van der Waals surface area contributed by atoms with Crippen LogP contribution in [0, 0.1) is 5.82 Å². The molecule has 1 saturated carbocycles. The van der Waals surface area contributed by atoms with E-state index in [2.05, 4.69) is 10.1 Å². The van der Waals surface area contributed by atoms with Crippen LogP contribution in [0.5, 0.6) is 5.75 Å². The van der Waals surface area contributed by atoms with E-state index >= 15 is 0 Å². The van der Waals surface area contributed by atoms with Crippen molar-refractivity contribution in [3.05, 3.63) is 83.2 Å². The fourth-order valence-electron chi connectivity index (χ4n) is 3.54. The van der Waals surface area contributed by atoms with Crippen molar-refractivity contribution in [2.75, 3.05) is 7.11 Å². The number of methoxy groups -OCH3 is 1. The highest BCUT2D eigenvalue weighted by atomic mass is 32.1. The van der Waals surface area contributed by atoms with Gasteiger partial charge in [0.15, 0.2) is 5.82 Å². The molecule has 1 amide bonds. The summed E-state index contributed by atoms with van der Waals surface area (Å²) in [4.78, 5) is 20.8. The Balaban J connectivity index is 1.49. The average molecular weight is 449 g/mol. The normalized spacial score (nSPS) is 13.2. The lowest BCUT2D eigenvalue weighted by molar-refractivity contribution is 0.0717. The number of carbonyl (C=O) groups is 1. The predicted octanol–water partition coefficient (Wildman–Crippen LogP) is 4.95. The minimum absolute atomic E-state index is 0.137. The van der Waals surface area contributed by atoms with E-state index in [4.69, 9.17) is 4.74 Å². The van der Waals surface area contributed by atoms with Crippen LogP contribution in [0.1, 0.15) is 29.0 Å². The SMILES string of the molecule is COc1ccc(CN(C(=O)c2nc(-c3cccs3)n(-c3ccc(F)cc3)n2)C2CC2)cc1. The molecule has 0 bridgehead atoms. The standard InChI is InChI=1S/C24H21FN4O2S/c1-31-20-12-4-16(5-13-20)15-28(18-10-11-18)24(30)22-26-23(21-3-2-14-32-21)29(27-22)19-8-6-17(25)7-9-19/h2-9,12-14,18H,10-11,15H2,1H3. The van der Waals surface area contributed by atoms with Crippen LogP contribution < -0.4 is 4.74 Å². The Morgan fingerprint density at radius 1 is 1.16 bits per heavy atom. The van der Waals surface area contributed by atoms with Crippen molar-refractivity contribution in [1.82, 2.24) is 19.7 Å². The third-order valence-electron chi connectivity index (χ3n) is 5.37. The van der Waals surface area contributed by atoms with Crippen LogP contribution in [0.4, 0.5) is 4.39 Å². The van der Waals surface area contributed by atoms with Crippen molar-refractivity contribution >= 4 is 17.2 Å². The Bertz CT molecular complexity index is 1220. The summed E-state index contributed by atoms with van der Waals surface area (Å²) in [6.07, 6.45) is 1.94. The Hall–Kier alpha value is -3.52. The van der Waals surface area contributed by atoms with E-state index in [1.54, 1.807) is 23.9 Å². The largest absolute Gasteiger partial charge is 0.497 e. The first kappa shape index (κ1) is 20.4. The highest BCUT2D eigenvalue weighted by Crippen LogP contribution is 2.31. The van der Waals surface area contributed by atoms with Crippen LogP contribution >= 0.6 is 11.3 Å². The van der Waals surface area contributed by atoms with Crippen molar-refractivity contribution in [1.29, 1.82) is 0 Å². The molecule has 1 aliphatic rings. The third-order valence-corrected chi connectivity index (χ3v) is 6.24. The van der Waals surface area contributed by atoms with Gasteiger partial charge in [0.2, 0.25) is 5.82 Å². The fourth-order valence-corrected chi connectivity index (χ4v) is 4.24. The number of ether oxygens (including phenoxy) is 1. The van der Waals surface area contributed by atoms with Gasteiger partial charge in [0, 0.05) is 12.6 Å². The van der Waals surface area contributed by atoms with Gasteiger partial charge in [-0.3, -0.25) is 4.79 Å². The molecule has 0 radical (unpaired) electrons. The summed E-state index contributed by atoms with van der Waals surface area (Å²) in [5, 5.41) is 6.49. The topological polar surface area (TPSA) is 60.2 Å². The second-order valence-corrected chi connectivity index (χ2v) is 8.58. The summed E-state index contributed by atoms with van der Waals surface area (Å²) in [6.45, 7) is 0.479. The molecule has 2 heterocycles. The second kappa shape index (κ2) is 8.55. The van der Waals surface area contributed by atoms with E-state index in [1.165, 1.54) is 23.5 Å². The molecule has 1 fully saturated rings. The number of nitrogens with zero attached hydrogens (tertiary/aromatic N) is 4. The number of carbonyl (C=O) groups excluding carboxylic acids is 1. The summed E-state index contributed by atoms with van der Waals surface area (Å²) >= 11 is 1.51. The Morgan fingerprint density at radius 3 is 2.53 bits per heavy atom. The fraction of sp³-hybridized carbons (Fsp3) is 0.208. The Kier molecular flexibility index (Phi) is 5.45. The molecule has 0 unspecified atom stereocenters. The zero-order chi connectivity index (χ0) is 22.1. The molecule has 1 aliphatic carbocycles. The number of hydrogen-bond donors (Lipinski definition) is 0. The molecule has 0 saturated heterocycles. The van der Waals surface area contributed by atoms with Crippen LogP contribution in [0.15, 0.2) is 66.0 Å². The molecule has 2 aromatic heterocycles. The molecular formula is C24H21FN4O2S. The Labute approximate surface area is 188 Å². The number of benzene rings is 2. The van der Waals surface area contributed by atoms with Gasteiger partial charge in [0.25, 0.3) is 5.91 Å². The lowest BCUT2D eigenvalue weighted by Crippen LogP contribution is -2.33. The number of amides is 1. The van der Waals surface area contributed by atoms with Crippen molar-refractivity contribution in [3.63, 3.8) is 0 Å². The maximum atomic E-state index is 13.5. The molecular weight excluding hydrogens is 427 g/mol. The first-order valence-corrected chi connectivity index (χ1v) is 11.2. The van der Waals surface area contributed by atoms with E-state index in [9.17, 15) is 9.18 Å². The number of halogens is 1. The molecule has 162 valence electrons. The molecule has 4 aromatic rings. The summed E-state index contributed by atoms with van der Waals surface area (Å²) in [5.41, 5.74) is 1.66. The van der Waals surface area contributed by atoms with Gasteiger partial charge < -0.3 is 9.64 Å². The van der Waals surface area contributed by atoms with E-state index in [0.717, 1.165) is 29.0 Å². The molecule has 6 nitrogen and oxygen atoms in total. The highest BCUT2D eigenvalue weighted by molar-refractivity contribution is 7.13. The predicted molar refractivity (Wildman–Crippen MR) is 121 cm³/mol. The summed E-state index contributed by atoms with van der Waals surface area (Å²) in [5.74, 6) is 0.941. The quantitative estimate of drug-likeness (QED) is 0.401. The number of aromatic nitrogens is 3. The van der Waals surface area contributed by atoms with Crippen molar-refractivity contribution in [2.45, 2.75) is 25.4 Å². The molecule has 5 rings (SSSR count). The summed E-state index contributed by atoms with van der Waals surface area (Å²) < 4.78 is 20.3. The highest BCUT2D eigenvalue weighted by Gasteiger charge is 2.35. The van der Waals surface area contributed by atoms with E-state index in [0.29, 0.717) is 18.1 Å². The van der Waals surface area contributed by atoms with Crippen molar-refractivity contribution in [3.8, 4) is 22.1 Å². The van der Waals surface area contributed by atoms with Gasteiger partial charge in [-0.25, -0.2) is 14.1 Å². The van der Waals surface area contributed by atoms with Gasteiger partial charge in [-0.05, 0) is 66.2 Å². The van der Waals surface area contributed by atoms with Crippen LogP contribution in [0.25, 0.3) is 16.4 Å². The second-order valence-electron chi connectivity index (χ2n) is 7.64. The van der Waals surface area contributed by atoms with E-state index in [1.807, 2.05) is 46.7 Å². The maximum Gasteiger partial charge on any atom is 0.294 e. The van der Waals surface area contributed by atoms with Gasteiger partial charge in [-0.15, -0.1) is 16.4 Å². The zero-order valence-electron chi connectivity index (χ0n) is 17.4. The van der Waals surface area contributed by atoms with Gasteiger partial charge >= 0.3 is 0 Å². The lowest BCUT2D eigenvalue weighted by Gasteiger charge is -2.21. The van der Waals surface area contributed by atoms with Gasteiger partial charge in [-0.1, -0.05) is 18.2 Å². The van der Waals surface area contributed by atoms with Crippen LogP contribution in [-0.4, -0.2) is 38.7 Å². The first-order valence-electron chi connectivity index (χ1n) is 10.3. The first-order chi connectivity index (χ1) is 15.6. The maximum absolute atomic E-state index is 13.5. The molecule has 0 atom stereocenters. The minimum atomic E-state index is -0.331. The summed E-state index contributed by atoms with van der Waals surface area (Å²) in [7, 11) is 1.63. The molecule has 2 aromatic carbocycles. The smallest absolute Gasteiger partial charge is 0.294 e. The Morgan fingerprint density at radius 2 is 1.91 bits per heavy atom. The number of rotatable bonds is 7. The van der Waals surface area contributed by atoms with Crippen LogP contribution in [-0.2, 0) is 6.54 Å². The minimum Gasteiger partial charge on any atom is -0.497 e. The molecule has 32 heavy (non-hydrogen) atoms. The zero-order valence-corrected chi connectivity index (χ0v) is 18.3. The summed E-state index contributed by atoms with van der Waals surface area (Å²) in [6, 6.07) is 17.7. The van der Waals surface area contributed by atoms with E-state index < -0.39 is 0 Å².